The second-order valence-electron chi connectivity index (χ2n) is 7.70. The predicted molar refractivity (Wildman–Crippen MR) is 133 cm³/mol. The van der Waals surface area contributed by atoms with Crippen molar-refractivity contribution in [2.75, 3.05) is 13.2 Å². The van der Waals surface area contributed by atoms with Gasteiger partial charge in [-0.2, -0.15) is 5.26 Å². The van der Waals surface area contributed by atoms with Crippen LogP contribution in [0.25, 0.3) is 0 Å². The summed E-state index contributed by atoms with van der Waals surface area (Å²) in [5, 5.41) is 28.9. The van der Waals surface area contributed by atoms with Crippen molar-refractivity contribution in [1.82, 2.24) is 0 Å². The van der Waals surface area contributed by atoms with Crippen molar-refractivity contribution < 1.29 is 38.1 Å². The Kier molecular flexibility index (Phi) is 9.32. The number of halogens is 3. The molecule has 2 N–H and O–H groups in total. The number of aliphatic hydroxyl groups excluding tert-OH is 1. The number of carboxylic acids is 1. The number of hydrogen-bond acceptors (Lipinski definition) is 6. The molecule has 0 aromatic heterocycles. The van der Waals surface area contributed by atoms with Crippen molar-refractivity contribution in [2.45, 2.75) is 18.9 Å². The van der Waals surface area contributed by atoms with Gasteiger partial charge < -0.3 is 19.7 Å². The van der Waals surface area contributed by atoms with E-state index in [-0.39, 0.29) is 47.5 Å². The first kappa shape index (κ1) is 27.0. The third-order valence-electron chi connectivity index (χ3n) is 5.15. The van der Waals surface area contributed by atoms with Crippen LogP contribution in [0.2, 0.25) is 0 Å². The highest BCUT2D eigenvalue weighted by molar-refractivity contribution is 14.1. The van der Waals surface area contributed by atoms with Crippen LogP contribution in [0.15, 0.2) is 54.6 Å². The highest BCUT2D eigenvalue weighted by Crippen LogP contribution is 2.27. The number of rotatable bonds is 10. The Balaban J connectivity index is 1.61. The molecule has 0 aliphatic heterocycles. The predicted octanol–water partition coefficient (Wildman–Crippen LogP) is 4.72. The lowest BCUT2D eigenvalue weighted by Crippen LogP contribution is -2.22. The number of carbonyl (C=O) groups excluding carboxylic acids is 1. The number of ether oxygens (including phenoxy) is 2. The minimum absolute atomic E-state index is 0.0177. The Labute approximate surface area is 219 Å². The summed E-state index contributed by atoms with van der Waals surface area (Å²) in [5.74, 6) is -3.39. The summed E-state index contributed by atoms with van der Waals surface area (Å²) in [7, 11) is 0. The first-order valence-electron chi connectivity index (χ1n) is 10.7. The summed E-state index contributed by atoms with van der Waals surface area (Å²) in [5.41, 5.74) is 0.213. The van der Waals surface area contributed by atoms with Gasteiger partial charge in [0.2, 0.25) is 0 Å². The lowest BCUT2D eigenvalue weighted by molar-refractivity contribution is 0.0203. The summed E-state index contributed by atoms with van der Waals surface area (Å²) in [4.78, 5) is 23.4. The fraction of sp³-hybridized carbons (Fsp3) is 0.192. The van der Waals surface area contributed by atoms with Crippen LogP contribution in [0.3, 0.4) is 0 Å². The maximum atomic E-state index is 14.3. The van der Waals surface area contributed by atoms with Gasteiger partial charge in [-0.15, -0.1) is 0 Å². The van der Waals surface area contributed by atoms with E-state index in [2.05, 4.69) is 0 Å². The van der Waals surface area contributed by atoms with E-state index in [4.69, 9.17) is 14.6 Å². The van der Waals surface area contributed by atoms with Gasteiger partial charge in [0, 0.05) is 22.5 Å². The van der Waals surface area contributed by atoms with Crippen molar-refractivity contribution in [1.29, 1.82) is 5.26 Å². The van der Waals surface area contributed by atoms with Crippen molar-refractivity contribution in [3.63, 3.8) is 0 Å². The number of aromatic carboxylic acids is 1. The third-order valence-corrected chi connectivity index (χ3v) is 5.82. The number of carboxylic acid groups (broad SMARTS) is 1. The van der Waals surface area contributed by atoms with Gasteiger partial charge in [-0.05, 0) is 64.0 Å². The van der Waals surface area contributed by atoms with Gasteiger partial charge in [0.05, 0.1) is 29.4 Å². The molecule has 0 aliphatic rings. The standard InChI is InChI=1S/C26H20F2INO6/c27-17-10-16(9-15-5-6-18(29)12-23(15)28)22(13-30)24(11-17)35-8-7-19(31)14-36-26(34)21-4-2-1-3-20(21)25(32)33/h1-6,10-12,19,31H,7-9,14H2,(H,32,33)/t19-/m1/s1. The van der Waals surface area contributed by atoms with E-state index in [1.807, 2.05) is 28.7 Å². The van der Waals surface area contributed by atoms with E-state index in [0.29, 0.717) is 9.13 Å². The SMILES string of the molecule is N#Cc1c(Cc2ccc(I)cc2F)cc(F)cc1OCC[C@@H](O)COC(=O)c1ccccc1C(=O)O. The van der Waals surface area contributed by atoms with Crippen LogP contribution < -0.4 is 4.74 Å². The molecule has 0 unspecified atom stereocenters. The van der Waals surface area contributed by atoms with Gasteiger partial charge in [-0.1, -0.05) is 18.2 Å². The van der Waals surface area contributed by atoms with Gasteiger partial charge in [-0.25, -0.2) is 18.4 Å². The summed E-state index contributed by atoms with van der Waals surface area (Å²) >= 11 is 1.97. The summed E-state index contributed by atoms with van der Waals surface area (Å²) in [6.07, 6.45) is -1.21. The van der Waals surface area contributed by atoms with Gasteiger partial charge in [-0.3, -0.25) is 0 Å². The first-order chi connectivity index (χ1) is 17.2. The van der Waals surface area contributed by atoms with Crippen LogP contribution >= 0.6 is 22.6 Å². The van der Waals surface area contributed by atoms with Gasteiger partial charge >= 0.3 is 11.9 Å². The first-order valence-corrected chi connectivity index (χ1v) is 11.7. The highest BCUT2D eigenvalue weighted by Gasteiger charge is 2.19. The van der Waals surface area contributed by atoms with Crippen molar-refractivity contribution >= 4 is 34.5 Å². The number of carbonyl (C=O) groups is 2. The molecule has 186 valence electrons. The molecule has 0 amide bonds. The molecular weight excluding hydrogens is 587 g/mol. The summed E-state index contributed by atoms with van der Waals surface area (Å²) < 4.78 is 39.7. The maximum absolute atomic E-state index is 14.3. The zero-order valence-corrected chi connectivity index (χ0v) is 20.9. The Bertz CT molecular complexity index is 1320. The molecule has 0 radical (unpaired) electrons. The second kappa shape index (κ2) is 12.4. The Morgan fingerprint density at radius 1 is 1.06 bits per heavy atom. The zero-order chi connectivity index (χ0) is 26.2. The summed E-state index contributed by atoms with van der Waals surface area (Å²) in [6, 6.07) is 14.3. The van der Waals surface area contributed by atoms with Crippen LogP contribution in [0.4, 0.5) is 8.78 Å². The van der Waals surface area contributed by atoms with Crippen molar-refractivity contribution in [3.8, 4) is 11.8 Å². The van der Waals surface area contributed by atoms with E-state index >= 15 is 0 Å². The highest BCUT2D eigenvalue weighted by atomic mass is 127. The number of nitrogens with zero attached hydrogens (tertiary/aromatic N) is 1. The second-order valence-corrected chi connectivity index (χ2v) is 8.95. The molecule has 10 heteroatoms. The topological polar surface area (TPSA) is 117 Å². The van der Waals surface area contributed by atoms with Gasteiger partial charge in [0.25, 0.3) is 0 Å². The molecule has 0 saturated heterocycles. The normalized spacial score (nSPS) is 11.4. The smallest absolute Gasteiger partial charge is 0.339 e. The van der Waals surface area contributed by atoms with Crippen LogP contribution in [0.5, 0.6) is 5.75 Å². The molecule has 3 aromatic rings. The number of nitriles is 1. The molecule has 0 saturated carbocycles. The number of aliphatic hydroxyl groups is 1. The fourth-order valence-electron chi connectivity index (χ4n) is 3.37. The minimum Gasteiger partial charge on any atom is -0.492 e. The number of esters is 1. The molecule has 0 fully saturated rings. The molecule has 36 heavy (non-hydrogen) atoms. The molecule has 0 heterocycles. The largest absolute Gasteiger partial charge is 0.492 e. The molecular formula is C26H20F2INO6. The minimum atomic E-state index is -1.29. The summed E-state index contributed by atoms with van der Waals surface area (Å²) in [6.45, 7) is -0.568. The van der Waals surface area contributed by atoms with E-state index in [1.54, 1.807) is 12.1 Å². The molecule has 7 nitrogen and oxygen atoms in total. The Hall–Kier alpha value is -3.56. The third kappa shape index (κ3) is 6.99. The monoisotopic (exact) mass is 607 g/mol. The number of benzene rings is 3. The van der Waals surface area contributed by atoms with Gasteiger partial charge in [0.1, 0.15) is 30.1 Å². The Morgan fingerprint density at radius 3 is 2.44 bits per heavy atom. The van der Waals surface area contributed by atoms with E-state index in [9.17, 15) is 28.7 Å². The molecule has 0 bridgehead atoms. The van der Waals surface area contributed by atoms with E-state index in [1.165, 1.54) is 30.3 Å². The van der Waals surface area contributed by atoms with Crippen LogP contribution in [0, 0.1) is 26.5 Å². The van der Waals surface area contributed by atoms with Crippen LogP contribution in [-0.2, 0) is 11.2 Å². The molecule has 1 atom stereocenters. The van der Waals surface area contributed by atoms with Gasteiger partial charge in [0.15, 0.2) is 0 Å². The maximum Gasteiger partial charge on any atom is 0.339 e. The van der Waals surface area contributed by atoms with Crippen molar-refractivity contribution in [2.24, 2.45) is 0 Å². The fourth-order valence-corrected chi connectivity index (χ4v) is 3.83. The number of hydrogen-bond donors (Lipinski definition) is 2. The van der Waals surface area contributed by atoms with Crippen LogP contribution in [-0.4, -0.2) is 41.5 Å². The van der Waals surface area contributed by atoms with E-state index in [0.717, 1.165) is 12.1 Å². The zero-order valence-electron chi connectivity index (χ0n) is 18.7. The average Bonchev–Trinajstić information content (AvgIpc) is 2.84. The quantitative estimate of drug-likeness (QED) is 0.253. The van der Waals surface area contributed by atoms with E-state index < -0.39 is 36.3 Å². The molecule has 0 aliphatic carbocycles. The molecule has 3 aromatic carbocycles. The lowest BCUT2D eigenvalue weighted by atomic mass is 9.99. The molecule has 3 rings (SSSR count). The molecule has 0 spiro atoms. The Morgan fingerprint density at radius 2 is 1.78 bits per heavy atom. The van der Waals surface area contributed by atoms with Crippen LogP contribution in [0.1, 0.15) is 43.8 Å². The average molecular weight is 607 g/mol. The van der Waals surface area contributed by atoms with Crippen molar-refractivity contribution in [3.05, 3.63) is 97.6 Å². The lowest BCUT2D eigenvalue weighted by Gasteiger charge is -2.15.